The highest BCUT2D eigenvalue weighted by atomic mass is 32.2. The molecule has 0 aromatic carbocycles. The molecule has 346 valence electrons. The topological polar surface area (TPSA) is 186 Å². The molecule has 1 rings (SSSR count). The number of aliphatic hydroxyl groups is 3. The van der Waals surface area contributed by atoms with Crippen LogP contribution in [0.25, 0.3) is 0 Å². The van der Waals surface area contributed by atoms with Crippen LogP contribution in [0.5, 0.6) is 0 Å². The van der Waals surface area contributed by atoms with Crippen LogP contribution in [0.2, 0.25) is 0 Å². The zero-order valence-electron chi connectivity index (χ0n) is 36.9. The van der Waals surface area contributed by atoms with Crippen LogP contribution in [0.3, 0.4) is 0 Å². The highest BCUT2D eigenvalue weighted by Gasteiger charge is 2.46. The Bertz CT molecular complexity index is 1190. The Labute approximate surface area is 358 Å². The molecule has 59 heavy (non-hydrogen) atoms. The fraction of sp³-hybridized carbons (Fsp3) is 0.870. The molecule has 0 radical (unpaired) electrons. The van der Waals surface area contributed by atoms with Crippen LogP contribution in [-0.2, 0) is 38.7 Å². The number of allylic oxidation sites excluding steroid dienone is 4. The summed E-state index contributed by atoms with van der Waals surface area (Å²) in [5.74, 6) is -1.98. The average Bonchev–Trinajstić information content (AvgIpc) is 3.20. The van der Waals surface area contributed by atoms with Crippen molar-refractivity contribution in [1.82, 2.24) is 0 Å². The van der Waals surface area contributed by atoms with E-state index >= 15 is 0 Å². The third-order valence-corrected chi connectivity index (χ3v) is 11.5. The quantitative estimate of drug-likeness (QED) is 0.0199. The fourth-order valence-corrected chi connectivity index (χ4v) is 7.81. The molecule has 0 spiro atoms. The zero-order chi connectivity index (χ0) is 43.4. The van der Waals surface area contributed by atoms with E-state index in [1.807, 2.05) is 0 Å². The highest BCUT2D eigenvalue weighted by molar-refractivity contribution is 7.85. The van der Waals surface area contributed by atoms with Crippen LogP contribution in [0, 0.1) is 0 Å². The summed E-state index contributed by atoms with van der Waals surface area (Å²) in [7, 11) is -4.60. The van der Waals surface area contributed by atoms with Crippen LogP contribution in [0.15, 0.2) is 24.3 Å². The van der Waals surface area contributed by atoms with Crippen molar-refractivity contribution in [3.63, 3.8) is 0 Å². The Morgan fingerprint density at radius 2 is 1.02 bits per heavy atom. The third kappa shape index (κ3) is 31.6. The van der Waals surface area contributed by atoms with Gasteiger partial charge in [-0.05, 0) is 44.9 Å². The Balaban J connectivity index is 2.41. The van der Waals surface area contributed by atoms with Gasteiger partial charge in [0.1, 0.15) is 36.8 Å². The van der Waals surface area contributed by atoms with Gasteiger partial charge >= 0.3 is 11.9 Å². The Morgan fingerprint density at radius 3 is 1.53 bits per heavy atom. The second-order valence-electron chi connectivity index (χ2n) is 16.4. The van der Waals surface area contributed by atoms with Gasteiger partial charge in [-0.25, -0.2) is 0 Å². The summed E-state index contributed by atoms with van der Waals surface area (Å²) in [6.07, 6.45) is 30.7. The summed E-state index contributed by atoms with van der Waals surface area (Å²) in [4.78, 5) is 25.4. The smallest absolute Gasteiger partial charge is 0.306 e. The van der Waals surface area contributed by atoms with Gasteiger partial charge in [-0.2, -0.15) is 8.42 Å². The summed E-state index contributed by atoms with van der Waals surface area (Å²) in [5, 5.41) is 30.9. The van der Waals surface area contributed by atoms with Crippen molar-refractivity contribution in [3.8, 4) is 0 Å². The number of rotatable bonds is 39. The summed E-state index contributed by atoms with van der Waals surface area (Å²) in [5.41, 5.74) is 0. The minimum Gasteiger partial charge on any atom is -0.462 e. The van der Waals surface area contributed by atoms with E-state index in [9.17, 15) is 37.9 Å². The molecule has 1 heterocycles. The summed E-state index contributed by atoms with van der Waals surface area (Å²) in [6, 6.07) is 0. The van der Waals surface area contributed by atoms with E-state index in [4.69, 9.17) is 18.9 Å². The second kappa shape index (κ2) is 36.8. The maximum Gasteiger partial charge on any atom is 0.306 e. The summed E-state index contributed by atoms with van der Waals surface area (Å²) >= 11 is 0. The van der Waals surface area contributed by atoms with Crippen molar-refractivity contribution in [2.75, 3.05) is 19.0 Å². The van der Waals surface area contributed by atoms with Crippen molar-refractivity contribution in [2.24, 2.45) is 0 Å². The molecule has 0 saturated carbocycles. The number of ether oxygens (including phenoxy) is 4. The number of hydrogen-bond acceptors (Lipinski definition) is 11. The molecule has 4 N–H and O–H groups in total. The molecular weight excluding hydrogens is 777 g/mol. The second-order valence-corrected chi connectivity index (χ2v) is 17.9. The molecular formula is C46H84O12S. The molecule has 6 atom stereocenters. The minimum atomic E-state index is -4.60. The highest BCUT2D eigenvalue weighted by Crippen LogP contribution is 2.24. The Kier molecular flexibility index (Phi) is 34.4. The molecule has 0 bridgehead atoms. The lowest BCUT2D eigenvalue weighted by atomic mass is 10.00. The third-order valence-electron chi connectivity index (χ3n) is 10.8. The molecule has 0 aliphatic carbocycles. The van der Waals surface area contributed by atoms with Gasteiger partial charge in [0.15, 0.2) is 12.4 Å². The van der Waals surface area contributed by atoms with Crippen LogP contribution in [0.1, 0.15) is 200 Å². The van der Waals surface area contributed by atoms with Crippen LogP contribution >= 0.6 is 0 Å². The largest absolute Gasteiger partial charge is 0.462 e. The van der Waals surface area contributed by atoms with Crippen molar-refractivity contribution >= 4 is 22.1 Å². The van der Waals surface area contributed by atoms with Gasteiger partial charge < -0.3 is 34.3 Å². The molecule has 0 amide bonds. The first-order valence-corrected chi connectivity index (χ1v) is 25.0. The number of hydrogen-bond donors (Lipinski definition) is 4. The molecule has 0 aromatic heterocycles. The van der Waals surface area contributed by atoms with E-state index in [2.05, 4.69) is 38.2 Å². The van der Waals surface area contributed by atoms with Crippen molar-refractivity contribution in [2.45, 2.75) is 237 Å². The first kappa shape index (κ1) is 55.1. The molecule has 1 aliphatic heterocycles. The van der Waals surface area contributed by atoms with E-state index in [1.165, 1.54) is 109 Å². The van der Waals surface area contributed by atoms with Crippen LogP contribution in [0.4, 0.5) is 0 Å². The van der Waals surface area contributed by atoms with E-state index < -0.39 is 71.2 Å². The van der Waals surface area contributed by atoms with Crippen molar-refractivity contribution in [3.05, 3.63) is 24.3 Å². The van der Waals surface area contributed by atoms with Crippen LogP contribution in [-0.4, -0.2) is 96.0 Å². The molecule has 2 unspecified atom stereocenters. The first-order valence-electron chi connectivity index (χ1n) is 23.4. The maximum absolute atomic E-state index is 12.8. The monoisotopic (exact) mass is 861 g/mol. The SMILES string of the molecule is CCCCC/C=C/C/C=C/CCCCCCCCCCCC(=O)O[C@H](COC(=O)CCCCCCCCCCCCCC)CO[C@H]1O[C@H](CS(=O)(=O)O)[C@@H](O)C(O)C1O. The van der Waals surface area contributed by atoms with Gasteiger partial charge in [0.25, 0.3) is 10.1 Å². The van der Waals surface area contributed by atoms with Gasteiger partial charge in [0, 0.05) is 12.8 Å². The molecule has 13 heteroatoms. The number of aliphatic hydroxyl groups excluding tert-OH is 3. The molecule has 1 fully saturated rings. The van der Waals surface area contributed by atoms with Crippen molar-refractivity contribution in [1.29, 1.82) is 0 Å². The van der Waals surface area contributed by atoms with Gasteiger partial charge in [-0.15, -0.1) is 0 Å². The van der Waals surface area contributed by atoms with E-state index in [-0.39, 0.29) is 19.4 Å². The number of carbonyl (C=O) groups is 2. The maximum atomic E-state index is 12.8. The predicted octanol–water partition coefficient (Wildman–Crippen LogP) is 9.62. The van der Waals surface area contributed by atoms with Crippen LogP contribution < -0.4 is 0 Å². The van der Waals surface area contributed by atoms with E-state index in [0.717, 1.165) is 51.4 Å². The minimum absolute atomic E-state index is 0.162. The average molecular weight is 861 g/mol. The lowest BCUT2D eigenvalue weighted by Crippen LogP contribution is -2.60. The van der Waals surface area contributed by atoms with Crippen molar-refractivity contribution < 1.29 is 56.8 Å². The van der Waals surface area contributed by atoms with E-state index in [1.54, 1.807) is 0 Å². The lowest BCUT2D eigenvalue weighted by molar-refractivity contribution is -0.297. The summed E-state index contributed by atoms with van der Waals surface area (Å²) in [6.45, 7) is 3.74. The van der Waals surface area contributed by atoms with Gasteiger partial charge in [-0.3, -0.25) is 14.1 Å². The standard InChI is InChI=1S/C46H84O12S/c1-3-5-7-9-11-13-15-17-18-19-20-21-22-23-25-27-29-31-33-35-42(48)57-39(37-56-46-45(51)44(50)43(49)40(58-46)38-59(52,53)54)36-55-41(47)34-32-30-28-26-24-16-14-12-10-8-6-4-2/h11,13,17-18,39-40,43-46,49-51H,3-10,12,14-16,19-38H2,1-2H3,(H,52,53,54)/b13-11+,18-17+/t39-,40-,43-,44?,45?,46+/m1/s1. The molecule has 0 aromatic rings. The normalized spacial score (nSPS) is 20.4. The predicted molar refractivity (Wildman–Crippen MR) is 233 cm³/mol. The molecule has 1 saturated heterocycles. The Morgan fingerprint density at radius 1 is 0.576 bits per heavy atom. The van der Waals surface area contributed by atoms with Gasteiger partial charge in [0.2, 0.25) is 0 Å². The van der Waals surface area contributed by atoms with E-state index in [0.29, 0.717) is 12.8 Å². The fourth-order valence-electron chi connectivity index (χ4n) is 7.12. The van der Waals surface area contributed by atoms with Gasteiger partial charge in [-0.1, -0.05) is 167 Å². The molecule has 12 nitrogen and oxygen atoms in total. The number of esters is 2. The number of unbranched alkanes of at least 4 members (excludes halogenated alkanes) is 23. The lowest BCUT2D eigenvalue weighted by Gasteiger charge is -2.40. The Hall–Kier alpha value is -1.87. The van der Waals surface area contributed by atoms with Gasteiger partial charge in [0.05, 0.1) is 6.61 Å². The number of carbonyl (C=O) groups excluding carboxylic acids is 2. The first-order chi connectivity index (χ1) is 28.5. The zero-order valence-corrected chi connectivity index (χ0v) is 37.7. The molecule has 1 aliphatic rings. The summed E-state index contributed by atoms with van der Waals surface area (Å²) < 4.78 is 54.1.